The molecule has 0 spiro atoms. The first-order valence-electron chi connectivity index (χ1n) is 7.83. The highest BCUT2D eigenvalue weighted by atomic mass is 19.4. The molecule has 4 heterocycles. The van der Waals surface area contributed by atoms with Crippen LogP contribution < -0.4 is 0 Å². The molecule has 0 aliphatic rings. The molecule has 0 unspecified atom stereocenters. The van der Waals surface area contributed by atoms with Gasteiger partial charge in [-0.2, -0.15) is 13.2 Å². The van der Waals surface area contributed by atoms with Crippen LogP contribution in [0.15, 0.2) is 48.9 Å². The van der Waals surface area contributed by atoms with Crippen LogP contribution in [0.1, 0.15) is 11.3 Å². The Morgan fingerprint density at radius 2 is 1.74 bits per heavy atom. The van der Waals surface area contributed by atoms with E-state index in [9.17, 15) is 17.6 Å². The zero-order chi connectivity index (χ0) is 19.2. The molecule has 4 aromatic rings. The Labute approximate surface area is 150 Å². The Balaban J connectivity index is 2.00. The van der Waals surface area contributed by atoms with Crippen molar-refractivity contribution in [2.24, 2.45) is 0 Å². The average Bonchev–Trinajstić information content (AvgIpc) is 3.01. The number of aryl methyl sites for hydroxylation is 1. The Bertz CT molecular complexity index is 1120. The summed E-state index contributed by atoms with van der Waals surface area (Å²) in [5.41, 5.74) is 0.985. The molecule has 27 heavy (non-hydrogen) atoms. The van der Waals surface area contributed by atoms with Gasteiger partial charge in [-0.15, -0.1) is 0 Å². The van der Waals surface area contributed by atoms with E-state index in [1.807, 2.05) is 6.92 Å². The Hall–Kier alpha value is -3.36. The van der Waals surface area contributed by atoms with Gasteiger partial charge in [0.1, 0.15) is 17.0 Å². The lowest BCUT2D eigenvalue weighted by atomic mass is 10.2. The van der Waals surface area contributed by atoms with Crippen molar-refractivity contribution in [3.05, 3.63) is 66.0 Å². The van der Waals surface area contributed by atoms with Gasteiger partial charge >= 0.3 is 6.18 Å². The second-order valence-electron chi connectivity index (χ2n) is 5.85. The minimum atomic E-state index is -4.54. The van der Waals surface area contributed by atoms with Crippen molar-refractivity contribution in [2.75, 3.05) is 0 Å². The number of imidazole rings is 1. The fourth-order valence-electron chi connectivity index (χ4n) is 2.64. The summed E-state index contributed by atoms with van der Waals surface area (Å²) in [4.78, 5) is 16.4. The number of alkyl halides is 3. The van der Waals surface area contributed by atoms with Crippen molar-refractivity contribution >= 4 is 11.2 Å². The van der Waals surface area contributed by atoms with Crippen LogP contribution in [0.2, 0.25) is 0 Å². The standard InChI is InChI=1S/C18H11F4N5/c1-10-2-4-13(9-23-10)27-16-15(6-11(7-25-16)18(20,21)22)26-17(27)14-5-3-12(19)8-24-14/h2-9H,1H3. The lowest BCUT2D eigenvalue weighted by Crippen LogP contribution is -2.06. The molecule has 0 aliphatic carbocycles. The van der Waals surface area contributed by atoms with Crippen molar-refractivity contribution in [3.63, 3.8) is 0 Å². The first-order chi connectivity index (χ1) is 12.8. The van der Waals surface area contributed by atoms with Gasteiger partial charge in [-0.05, 0) is 37.3 Å². The van der Waals surface area contributed by atoms with E-state index in [2.05, 4.69) is 19.9 Å². The lowest BCUT2D eigenvalue weighted by Gasteiger charge is -2.09. The fraction of sp³-hybridized carbons (Fsp3) is 0.111. The number of pyridine rings is 3. The van der Waals surface area contributed by atoms with Gasteiger partial charge in [0.25, 0.3) is 0 Å². The zero-order valence-corrected chi connectivity index (χ0v) is 13.9. The predicted molar refractivity (Wildman–Crippen MR) is 89.6 cm³/mol. The second-order valence-corrected chi connectivity index (χ2v) is 5.85. The largest absolute Gasteiger partial charge is 0.417 e. The van der Waals surface area contributed by atoms with Gasteiger partial charge < -0.3 is 0 Å². The zero-order valence-electron chi connectivity index (χ0n) is 13.9. The summed E-state index contributed by atoms with van der Waals surface area (Å²) in [6.45, 7) is 1.81. The molecule has 0 amide bonds. The molecule has 0 saturated heterocycles. The van der Waals surface area contributed by atoms with Crippen LogP contribution in [-0.2, 0) is 6.18 Å². The Morgan fingerprint density at radius 1 is 0.926 bits per heavy atom. The monoisotopic (exact) mass is 373 g/mol. The van der Waals surface area contributed by atoms with Crippen LogP contribution in [0.4, 0.5) is 17.6 Å². The molecule has 136 valence electrons. The number of nitrogens with zero attached hydrogens (tertiary/aromatic N) is 5. The molecule has 0 aliphatic heterocycles. The number of aromatic nitrogens is 5. The third-order valence-corrected chi connectivity index (χ3v) is 3.93. The van der Waals surface area contributed by atoms with Crippen LogP contribution in [-0.4, -0.2) is 24.5 Å². The fourth-order valence-corrected chi connectivity index (χ4v) is 2.64. The summed E-state index contributed by atoms with van der Waals surface area (Å²) in [5, 5.41) is 0. The van der Waals surface area contributed by atoms with Crippen molar-refractivity contribution < 1.29 is 17.6 Å². The molecule has 4 rings (SSSR count). The van der Waals surface area contributed by atoms with Crippen molar-refractivity contribution in [1.82, 2.24) is 24.5 Å². The molecule has 0 N–H and O–H groups in total. The van der Waals surface area contributed by atoms with Crippen LogP contribution >= 0.6 is 0 Å². The summed E-state index contributed by atoms with van der Waals surface area (Å²) in [6.07, 6.45) is -1.21. The van der Waals surface area contributed by atoms with Crippen molar-refractivity contribution in [2.45, 2.75) is 13.1 Å². The molecular formula is C18H11F4N5. The third kappa shape index (κ3) is 3.12. The minimum absolute atomic E-state index is 0.0477. The maximum absolute atomic E-state index is 13.2. The first-order valence-corrected chi connectivity index (χ1v) is 7.83. The number of hydrogen-bond acceptors (Lipinski definition) is 4. The molecule has 9 heteroatoms. The predicted octanol–water partition coefficient (Wildman–Crippen LogP) is 4.34. The van der Waals surface area contributed by atoms with Gasteiger partial charge in [-0.1, -0.05) is 0 Å². The summed E-state index contributed by atoms with van der Waals surface area (Å²) < 4.78 is 53.8. The third-order valence-electron chi connectivity index (χ3n) is 3.93. The summed E-state index contributed by atoms with van der Waals surface area (Å²) in [5.74, 6) is -0.293. The van der Waals surface area contributed by atoms with Gasteiger partial charge in [-0.3, -0.25) is 9.55 Å². The molecule has 0 saturated carbocycles. The maximum Gasteiger partial charge on any atom is 0.417 e. The first kappa shape index (κ1) is 17.1. The quantitative estimate of drug-likeness (QED) is 0.491. The van der Waals surface area contributed by atoms with Gasteiger partial charge in [0, 0.05) is 11.9 Å². The molecule has 0 atom stereocenters. The van der Waals surface area contributed by atoms with E-state index in [1.54, 1.807) is 22.9 Å². The highest BCUT2D eigenvalue weighted by Gasteiger charge is 2.32. The molecule has 0 aromatic carbocycles. The SMILES string of the molecule is Cc1ccc(-n2c(-c3ccc(F)cn3)nc3cc(C(F)(F)F)cnc32)cn1. The number of rotatable bonds is 2. The molecule has 5 nitrogen and oxygen atoms in total. The Kier molecular flexibility index (Phi) is 3.87. The van der Waals surface area contributed by atoms with Gasteiger partial charge in [-0.25, -0.2) is 19.3 Å². The van der Waals surface area contributed by atoms with Crippen molar-refractivity contribution in [3.8, 4) is 17.2 Å². The number of halogens is 4. The smallest absolute Gasteiger partial charge is 0.274 e. The molecular weight excluding hydrogens is 362 g/mol. The van der Waals surface area contributed by atoms with Crippen LogP contribution in [0.5, 0.6) is 0 Å². The van der Waals surface area contributed by atoms with Gasteiger partial charge in [0.15, 0.2) is 11.5 Å². The van der Waals surface area contributed by atoms with E-state index < -0.39 is 17.6 Å². The molecule has 4 aromatic heterocycles. The second kappa shape index (κ2) is 6.11. The molecule has 0 radical (unpaired) electrons. The summed E-state index contributed by atoms with van der Waals surface area (Å²) in [7, 11) is 0. The minimum Gasteiger partial charge on any atom is -0.274 e. The van der Waals surface area contributed by atoms with E-state index in [-0.39, 0.29) is 17.0 Å². The summed E-state index contributed by atoms with van der Waals surface area (Å²) in [6, 6.07) is 7.03. The number of fused-ring (bicyclic) bond motifs is 1. The van der Waals surface area contributed by atoms with E-state index in [0.717, 1.165) is 24.2 Å². The van der Waals surface area contributed by atoms with Gasteiger partial charge in [0.05, 0.1) is 23.6 Å². The van der Waals surface area contributed by atoms with E-state index in [0.29, 0.717) is 11.4 Å². The highest BCUT2D eigenvalue weighted by Crippen LogP contribution is 2.32. The van der Waals surface area contributed by atoms with Gasteiger partial charge in [0.2, 0.25) is 0 Å². The van der Waals surface area contributed by atoms with Crippen LogP contribution in [0.3, 0.4) is 0 Å². The van der Waals surface area contributed by atoms with E-state index >= 15 is 0 Å². The molecule has 0 fully saturated rings. The highest BCUT2D eigenvalue weighted by molar-refractivity contribution is 5.79. The average molecular weight is 373 g/mol. The van der Waals surface area contributed by atoms with Crippen LogP contribution in [0, 0.1) is 12.7 Å². The van der Waals surface area contributed by atoms with E-state index in [4.69, 9.17) is 0 Å². The summed E-state index contributed by atoms with van der Waals surface area (Å²) >= 11 is 0. The normalized spacial score (nSPS) is 11.9. The lowest BCUT2D eigenvalue weighted by molar-refractivity contribution is -0.137. The number of hydrogen-bond donors (Lipinski definition) is 0. The van der Waals surface area contributed by atoms with Crippen molar-refractivity contribution in [1.29, 1.82) is 0 Å². The Morgan fingerprint density at radius 3 is 2.37 bits per heavy atom. The van der Waals surface area contributed by atoms with Crippen LogP contribution in [0.25, 0.3) is 28.4 Å². The topological polar surface area (TPSA) is 56.5 Å². The molecule has 0 bridgehead atoms. The van der Waals surface area contributed by atoms with E-state index in [1.165, 1.54) is 12.1 Å². The maximum atomic E-state index is 13.2.